The van der Waals surface area contributed by atoms with Crippen molar-refractivity contribution in [2.24, 2.45) is 0 Å². The number of anilines is 1. The third kappa shape index (κ3) is 3.13. The number of carbonyl (C=O) groups excluding carboxylic acids is 1. The van der Waals surface area contributed by atoms with E-state index >= 15 is 0 Å². The summed E-state index contributed by atoms with van der Waals surface area (Å²) in [6.07, 6.45) is 3.27. The summed E-state index contributed by atoms with van der Waals surface area (Å²) in [6.45, 7) is 0. The van der Waals surface area contributed by atoms with Crippen molar-refractivity contribution < 1.29 is 4.79 Å². The van der Waals surface area contributed by atoms with Crippen LogP contribution in [0.1, 0.15) is 5.56 Å². The number of rotatable bonds is 3. The largest absolute Gasteiger partial charge is 0.361 e. The van der Waals surface area contributed by atoms with E-state index in [4.69, 9.17) is 23.2 Å². The van der Waals surface area contributed by atoms with Crippen molar-refractivity contribution in [3.63, 3.8) is 0 Å². The van der Waals surface area contributed by atoms with Crippen molar-refractivity contribution in [2.45, 2.75) is 0 Å². The number of nitriles is 1. The Labute approximate surface area is 148 Å². The van der Waals surface area contributed by atoms with Crippen molar-refractivity contribution in [2.75, 3.05) is 5.32 Å². The minimum Gasteiger partial charge on any atom is -0.361 e. The number of amides is 1. The zero-order chi connectivity index (χ0) is 17.1. The summed E-state index contributed by atoms with van der Waals surface area (Å²) >= 11 is 12.1. The number of fused-ring (bicyclic) bond motifs is 1. The van der Waals surface area contributed by atoms with Crippen LogP contribution in [0, 0.1) is 11.3 Å². The van der Waals surface area contributed by atoms with E-state index in [-0.39, 0.29) is 11.3 Å². The lowest BCUT2D eigenvalue weighted by Gasteiger charge is -2.08. The van der Waals surface area contributed by atoms with Crippen LogP contribution < -0.4 is 5.32 Å². The van der Waals surface area contributed by atoms with Gasteiger partial charge in [-0.05, 0) is 24.3 Å². The molecule has 0 radical (unpaired) electrons. The Kier molecular flexibility index (Phi) is 4.57. The van der Waals surface area contributed by atoms with Gasteiger partial charge in [0.25, 0.3) is 5.91 Å². The quantitative estimate of drug-likeness (QED) is 0.511. The predicted molar refractivity (Wildman–Crippen MR) is 97.0 cm³/mol. The molecule has 1 heterocycles. The zero-order valence-corrected chi connectivity index (χ0v) is 13.8. The Bertz CT molecular complexity index is 979. The minimum atomic E-state index is -0.571. The molecule has 6 heteroatoms. The molecule has 0 bridgehead atoms. The van der Waals surface area contributed by atoms with Gasteiger partial charge in [0.15, 0.2) is 0 Å². The molecule has 0 saturated carbocycles. The molecule has 3 aromatic rings. The first kappa shape index (κ1) is 16.1. The third-order valence-electron chi connectivity index (χ3n) is 3.49. The van der Waals surface area contributed by atoms with Crippen LogP contribution in [0.4, 0.5) is 5.69 Å². The first-order chi connectivity index (χ1) is 11.6. The van der Waals surface area contributed by atoms with Crippen molar-refractivity contribution in [3.8, 4) is 6.07 Å². The molecule has 24 heavy (non-hydrogen) atoms. The Hall–Kier alpha value is -2.74. The van der Waals surface area contributed by atoms with E-state index in [1.54, 1.807) is 24.4 Å². The van der Waals surface area contributed by atoms with Crippen molar-refractivity contribution in [1.29, 1.82) is 5.26 Å². The van der Waals surface area contributed by atoms with Crippen LogP contribution in [-0.2, 0) is 4.79 Å². The van der Waals surface area contributed by atoms with Gasteiger partial charge in [-0.15, -0.1) is 0 Å². The molecular weight excluding hydrogens is 345 g/mol. The second kappa shape index (κ2) is 6.79. The molecule has 2 aromatic carbocycles. The number of carbonyl (C=O) groups is 1. The molecular formula is C18H11Cl2N3O. The predicted octanol–water partition coefficient (Wildman–Crippen LogP) is 5.02. The molecule has 2 N–H and O–H groups in total. The van der Waals surface area contributed by atoms with E-state index < -0.39 is 5.91 Å². The van der Waals surface area contributed by atoms with Crippen LogP contribution in [0.3, 0.4) is 0 Å². The van der Waals surface area contributed by atoms with Crippen LogP contribution in [0.15, 0.2) is 54.2 Å². The van der Waals surface area contributed by atoms with Gasteiger partial charge in [0.2, 0.25) is 0 Å². The van der Waals surface area contributed by atoms with Crippen LogP contribution in [0.25, 0.3) is 17.0 Å². The van der Waals surface area contributed by atoms with Crippen molar-refractivity contribution in [1.82, 2.24) is 4.98 Å². The number of hydrogen-bond donors (Lipinski definition) is 2. The van der Waals surface area contributed by atoms with E-state index in [9.17, 15) is 10.1 Å². The molecule has 0 spiro atoms. The van der Waals surface area contributed by atoms with E-state index in [0.29, 0.717) is 10.0 Å². The lowest BCUT2D eigenvalue weighted by atomic mass is 10.1. The summed E-state index contributed by atoms with van der Waals surface area (Å²) < 4.78 is 0. The van der Waals surface area contributed by atoms with Gasteiger partial charge in [-0.1, -0.05) is 47.5 Å². The Balaban J connectivity index is 1.94. The maximum Gasteiger partial charge on any atom is 0.266 e. The smallest absolute Gasteiger partial charge is 0.266 e. The SMILES string of the molecule is N#C/C(=C\c1c[nH]c2ccccc12)C(=O)Nc1c(Cl)cccc1Cl. The molecule has 0 aliphatic rings. The molecule has 0 atom stereocenters. The number of hydrogen-bond acceptors (Lipinski definition) is 2. The van der Waals surface area contributed by atoms with Gasteiger partial charge in [-0.25, -0.2) is 0 Å². The molecule has 0 saturated heterocycles. The molecule has 0 aliphatic heterocycles. The first-order valence-electron chi connectivity index (χ1n) is 7.03. The van der Waals surface area contributed by atoms with Gasteiger partial charge in [-0.3, -0.25) is 4.79 Å². The Morgan fingerprint density at radius 1 is 1.12 bits per heavy atom. The topological polar surface area (TPSA) is 68.7 Å². The van der Waals surface area contributed by atoms with E-state index in [2.05, 4.69) is 10.3 Å². The average Bonchev–Trinajstić information content (AvgIpc) is 2.99. The lowest BCUT2D eigenvalue weighted by molar-refractivity contribution is -0.112. The molecule has 0 aliphatic carbocycles. The number of aromatic amines is 1. The Morgan fingerprint density at radius 2 is 1.83 bits per heavy atom. The number of H-pyrrole nitrogens is 1. The number of nitrogens with one attached hydrogen (secondary N) is 2. The van der Waals surface area contributed by atoms with Crippen LogP contribution in [-0.4, -0.2) is 10.9 Å². The maximum absolute atomic E-state index is 12.4. The van der Waals surface area contributed by atoms with Gasteiger partial charge >= 0.3 is 0 Å². The van der Waals surface area contributed by atoms with Gasteiger partial charge < -0.3 is 10.3 Å². The number of halogens is 2. The molecule has 118 valence electrons. The van der Waals surface area contributed by atoms with Crippen LogP contribution in [0.5, 0.6) is 0 Å². The fourth-order valence-electron chi connectivity index (χ4n) is 2.32. The number of benzene rings is 2. The third-order valence-corrected chi connectivity index (χ3v) is 4.12. The number of nitrogens with zero attached hydrogens (tertiary/aromatic N) is 1. The van der Waals surface area contributed by atoms with E-state index in [1.807, 2.05) is 30.3 Å². The summed E-state index contributed by atoms with van der Waals surface area (Å²) in [6, 6.07) is 14.4. The molecule has 3 rings (SSSR count). The second-order valence-corrected chi connectivity index (χ2v) is 5.82. The van der Waals surface area contributed by atoms with E-state index in [0.717, 1.165) is 16.5 Å². The molecule has 1 aromatic heterocycles. The van der Waals surface area contributed by atoms with Crippen LogP contribution >= 0.6 is 23.2 Å². The highest BCUT2D eigenvalue weighted by molar-refractivity contribution is 6.40. The highest BCUT2D eigenvalue weighted by Crippen LogP contribution is 2.30. The fraction of sp³-hybridized carbons (Fsp3) is 0. The molecule has 1 amide bonds. The van der Waals surface area contributed by atoms with E-state index in [1.165, 1.54) is 6.08 Å². The molecule has 0 unspecified atom stereocenters. The normalized spacial score (nSPS) is 11.3. The lowest BCUT2D eigenvalue weighted by Crippen LogP contribution is -2.14. The second-order valence-electron chi connectivity index (χ2n) is 5.01. The minimum absolute atomic E-state index is 0.0456. The number of aromatic nitrogens is 1. The van der Waals surface area contributed by atoms with Crippen LogP contribution in [0.2, 0.25) is 10.0 Å². The summed E-state index contributed by atoms with van der Waals surface area (Å²) in [7, 11) is 0. The monoisotopic (exact) mass is 355 g/mol. The van der Waals surface area contributed by atoms with Gasteiger partial charge in [0.05, 0.1) is 15.7 Å². The fourth-order valence-corrected chi connectivity index (χ4v) is 2.81. The van der Waals surface area contributed by atoms with Gasteiger partial charge in [-0.2, -0.15) is 5.26 Å². The van der Waals surface area contributed by atoms with Gasteiger partial charge in [0.1, 0.15) is 11.6 Å². The zero-order valence-electron chi connectivity index (χ0n) is 12.3. The van der Waals surface area contributed by atoms with Crippen molar-refractivity contribution >= 4 is 51.8 Å². The molecule has 4 nitrogen and oxygen atoms in total. The van der Waals surface area contributed by atoms with Gasteiger partial charge in [0, 0.05) is 22.7 Å². The average molecular weight is 356 g/mol. The summed E-state index contributed by atoms with van der Waals surface area (Å²) in [5.41, 5.74) is 1.92. The van der Waals surface area contributed by atoms with Crippen molar-refractivity contribution in [3.05, 3.63) is 69.8 Å². The maximum atomic E-state index is 12.4. The summed E-state index contributed by atoms with van der Waals surface area (Å²) in [5.74, 6) is -0.571. The highest BCUT2D eigenvalue weighted by Gasteiger charge is 2.14. The Morgan fingerprint density at radius 3 is 2.54 bits per heavy atom. The standard InChI is InChI=1S/C18H11Cl2N3O/c19-14-5-3-6-15(20)17(14)23-18(24)11(9-21)8-12-10-22-16-7-2-1-4-13(12)16/h1-8,10,22H,(H,23,24)/b11-8+. The summed E-state index contributed by atoms with van der Waals surface area (Å²) in [4.78, 5) is 15.5. The molecule has 0 fully saturated rings. The first-order valence-corrected chi connectivity index (χ1v) is 7.79. The summed E-state index contributed by atoms with van der Waals surface area (Å²) in [5, 5.41) is 13.5. The number of para-hydroxylation sites is 2. The highest BCUT2D eigenvalue weighted by atomic mass is 35.5.